The Balaban J connectivity index is 1.79. The van der Waals surface area contributed by atoms with Crippen LogP contribution < -0.4 is 25.8 Å². The van der Waals surface area contributed by atoms with E-state index in [1.165, 1.54) is 0 Å². The zero-order chi connectivity index (χ0) is 26.8. The second-order valence-electron chi connectivity index (χ2n) is 7.76. The Morgan fingerprint density at radius 3 is 2.35 bits per heavy atom. The summed E-state index contributed by atoms with van der Waals surface area (Å²) in [6, 6.07) is 16.9. The summed E-state index contributed by atoms with van der Waals surface area (Å²) in [4.78, 5) is 24.7. The molecule has 0 saturated carbocycles. The largest absolute Gasteiger partial charge is 0.490 e. The van der Waals surface area contributed by atoms with Crippen LogP contribution in [0.25, 0.3) is 0 Å². The molecule has 0 saturated heterocycles. The lowest BCUT2D eigenvalue weighted by atomic mass is 10.1. The van der Waals surface area contributed by atoms with Crippen LogP contribution in [-0.2, 0) is 16.1 Å². The Morgan fingerprint density at radius 2 is 1.68 bits per heavy atom. The van der Waals surface area contributed by atoms with E-state index in [4.69, 9.17) is 37.0 Å². The quantitative estimate of drug-likeness (QED) is 0.151. The molecule has 0 aliphatic carbocycles. The number of amidine groups is 1. The fraction of sp³-hybridized carbons (Fsp3) is 0.222. The third-order valence-electron chi connectivity index (χ3n) is 5.16. The van der Waals surface area contributed by atoms with Crippen LogP contribution in [0, 0.1) is 5.41 Å². The first kappa shape index (κ1) is 27.3. The molecule has 0 aliphatic heterocycles. The van der Waals surface area contributed by atoms with Crippen LogP contribution in [0.1, 0.15) is 35.3 Å². The molecule has 5 N–H and O–H groups in total. The van der Waals surface area contributed by atoms with Gasteiger partial charge in [0, 0.05) is 28.3 Å². The highest BCUT2D eigenvalue weighted by Crippen LogP contribution is 2.33. The van der Waals surface area contributed by atoms with Crippen molar-refractivity contribution in [3.05, 3.63) is 82.4 Å². The van der Waals surface area contributed by atoms with Crippen molar-refractivity contribution in [3.63, 3.8) is 0 Å². The predicted molar refractivity (Wildman–Crippen MR) is 144 cm³/mol. The zero-order valence-corrected chi connectivity index (χ0v) is 21.4. The minimum atomic E-state index is -0.480. The molecule has 3 aromatic carbocycles. The van der Waals surface area contributed by atoms with Crippen molar-refractivity contribution in [2.45, 2.75) is 20.4 Å². The number of esters is 1. The normalized spacial score (nSPS) is 10.4. The summed E-state index contributed by atoms with van der Waals surface area (Å²) in [5.41, 5.74) is 8.24. The van der Waals surface area contributed by atoms with Gasteiger partial charge in [0.05, 0.1) is 24.6 Å². The highest BCUT2D eigenvalue weighted by molar-refractivity contribution is 6.31. The molecule has 37 heavy (non-hydrogen) atoms. The molecular weight excluding hydrogens is 496 g/mol. The molecule has 0 spiro atoms. The molecule has 3 aromatic rings. The second kappa shape index (κ2) is 13.2. The van der Waals surface area contributed by atoms with Crippen molar-refractivity contribution in [2.75, 3.05) is 30.5 Å². The Bertz CT molecular complexity index is 1260. The van der Waals surface area contributed by atoms with E-state index in [2.05, 4.69) is 10.6 Å². The fourth-order valence-electron chi connectivity index (χ4n) is 3.43. The number of carbonyl (C=O) groups is 2. The number of benzene rings is 3. The standard InChI is InChI=1S/C27H29ClN4O5/c1-3-35-23-7-5-6-19(25(23)37-16-24(33)36-4-2)15-31-21-13-12-20(28)14-22(21)32-27(34)18-10-8-17(9-11-18)26(29)30/h5-14,31H,3-4,15-16H2,1-2H3,(H3,29,30)(H,32,34). The predicted octanol–water partition coefficient (Wildman–Crippen LogP) is 4.83. The van der Waals surface area contributed by atoms with Gasteiger partial charge in [-0.3, -0.25) is 10.2 Å². The molecule has 0 atom stereocenters. The molecule has 0 aliphatic rings. The number of anilines is 2. The van der Waals surface area contributed by atoms with E-state index >= 15 is 0 Å². The van der Waals surface area contributed by atoms with E-state index < -0.39 is 5.97 Å². The number of carbonyl (C=O) groups excluding carboxylic acids is 2. The minimum Gasteiger partial charge on any atom is -0.490 e. The lowest BCUT2D eigenvalue weighted by molar-refractivity contribution is -0.145. The van der Waals surface area contributed by atoms with E-state index in [9.17, 15) is 9.59 Å². The molecule has 0 radical (unpaired) electrons. The maximum atomic E-state index is 12.9. The van der Waals surface area contributed by atoms with Gasteiger partial charge in [0.15, 0.2) is 18.1 Å². The third kappa shape index (κ3) is 7.62. The molecule has 0 unspecified atom stereocenters. The van der Waals surface area contributed by atoms with E-state index in [0.717, 1.165) is 5.56 Å². The van der Waals surface area contributed by atoms with Crippen LogP contribution in [0.4, 0.5) is 11.4 Å². The summed E-state index contributed by atoms with van der Waals surface area (Å²) >= 11 is 6.20. The molecule has 3 rings (SSSR count). The molecule has 9 nitrogen and oxygen atoms in total. The summed E-state index contributed by atoms with van der Waals surface area (Å²) in [6.07, 6.45) is 0. The van der Waals surface area contributed by atoms with Crippen LogP contribution in [0.3, 0.4) is 0 Å². The van der Waals surface area contributed by atoms with Crippen molar-refractivity contribution in [1.82, 2.24) is 0 Å². The second-order valence-corrected chi connectivity index (χ2v) is 8.20. The molecule has 0 heterocycles. The van der Waals surface area contributed by atoms with Gasteiger partial charge in [-0.25, -0.2) is 4.79 Å². The van der Waals surface area contributed by atoms with Crippen molar-refractivity contribution in [2.24, 2.45) is 5.73 Å². The maximum Gasteiger partial charge on any atom is 0.344 e. The van der Waals surface area contributed by atoms with E-state index in [1.54, 1.807) is 55.5 Å². The Morgan fingerprint density at radius 1 is 0.946 bits per heavy atom. The van der Waals surface area contributed by atoms with Gasteiger partial charge in [-0.2, -0.15) is 0 Å². The first-order valence-corrected chi connectivity index (χ1v) is 12.0. The van der Waals surface area contributed by atoms with Crippen molar-refractivity contribution >= 4 is 40.7 Å². The average molecular weight is 525 g/mol. The number of halogens is 1. The number of hydrogen-bond acceptors (Lipinski definition) is 7. The Labute approximate surface area is 220 Å². The third-order valence-corrected chi connectivity index (χ3v) is 5.39. The SMILES string of the molecule is CCOC(=O)COc1c(CNc2ccc(Cl)cc2NC(=O)c2ccc(C(=N)N)cc2)cccc1OCC. The molecule has 0 aromatic heterocycles. The van der Waals surface area contributed by atoms with Gasteiger partial charge in [0.2, 0.25) is 0 Å². The first-order valence-electron chi connectivity index (χ1n) is 11.6. The van der Waals surface area contributed by atoms with E-state index in [1.807, 2.05) is 19.1 Å². The van der Waals surface area contributed by atoms with Crippen LogP contribution in [0.15, 0.2) is 60.7 Å². The molecular formula is C27H29ClN4O5. The van der Waals surface area contributed by atoms with Gasteiger partial charge < -0.3 is 30.6 Å². The maximum absolute atomic E-state index is 12.9. The summed E-state index contributed by atoms with van der Waals surface area (Å²) in [6.45, 7) is 4.32. The number of ether oxygens (including phenoxy) is 3. The fourth-order valence-corrected chi connectivity index (χ4v) is 3.60. The summed E-state index contributed by atoms with van der Waals surface area (Å²) in [5.74, 6) is 0.0241. The van der Waals surface area contributed by atoms with Gasteiger partial charge in [-0.1, -0.05) is 35.9 Å². The average Bonchev–Trinajstić information content (AvgIpc) is 2.88. The van der Waals surface area contributed by atoms with E-state index in [0.29, 0.717) is 52.2 Å². The number of nitrogens with two attached hydrogens (primary N) is 1. The Hall–Kier alpha value is -4.24. The van der Waals surface area contributed by atoms with Crippen LogP contribution >= 0.6 is 11.6 Å². The number of nitrogens with one attached hydrogen (secondary N) is 3. The molecule has 0 bridgehead atoms. The minimum absolute atomic E-state index is 0.0766. The number of rotatable bonds is 12. The van der Waals surface area contributed by atoms with Crippen LogP contribution in [-0.4, -0.2) is 37.5 Å². The molecule has 10 heteroatoms. The van der Waals surface area contributed by atoms with Crippen LogP contribution in [0.2, 0.25) is 5.02 Å². The van der Waals surface area contributed by atoms with E-state index in [-0.39, 0.29) is 25.0 Å². The van der Waals surface area contributed by atoms with Crippen molar-refractivity contribution in [3.8, 4) is 11.5 Å². The highest BCUT2D eigenvalue weighted by Gasteiger charge is 2.15. The molecule has 1 amide bonds. The topological polar surface area (TPSA) is 136 Å². The van der Waals surface area contributed by atoms with Gasteiger partial charge in [0.25, 0.3) is 5.91 Å². The Kier molecular flexibility index (Phi) is 9.74. The zero-order valence-electron chi connectivity index (χ0n) is 20.6. The number of para-hydroxylation sites is 1. The van der Waals surface area contributed by atoms with Crippen molar-refractivity contribution in [1.29, 1.82) is 5.41 Å². The van der Waals surface area contributed by atoms with Crippen LogP contribution in [0.5, 0.6) is 11.5 Å². The molecule has 194 valence electrons. The van der Waals surface area contributed by atoms with Gasteiger partial charge >= 0.3 is 5.97 Å². The summed E-state index contributed by atoms with van der Waals surface area (Å²) in [5, 5.41) is 14.1. The van der Waals surface area contributed by atoms with Gasteiger partial charge in [-0.05, 0) is 50.2 Å². The summed E-state index contributed by atoms with van der Waals surface area (Å²) in [7, 11) is 0. The monoisotopic (exact) mass is 524 g/mol. The number of nitrogen functional groups attached to an aromatic ring is 1. The highest BCUT2D eigenvalue weighted by atomic mass is 35.5. The number of hydrogen-bond donors (Lipinski definition) is 4. The van der Waals surface area contributed by atoms with Gasteiger partial charge in [-0.15, -0.1) is 0 Å². The molecule has 0 fully saturated rings. The number of amides is 1. The lowest BCUT2D eigenvalue weighted by Crippen LogP contribution is -2.17. The van der Waals surface area contributed by atoms with Gasteiger partial charge in [0.1, 0.15) is 5.84 Å². The lowest BCUT2D eigenvalue weighted by Gasteiger charge is -2.18. The smallest absolute Gasteiger partial charge is 0.344 e. The first-order chi connectivity index (χ1) is 17.8. The van der Waals surface area contributed by atoms with Crippen molar-refractivity contribution < 1.29 is 23.8 Å². The summed E-state index contributed by atoms with van der Waals surface area (Å²) < 4.78 is 16.4.